The molecule has 0 amide bonds. The summed E-state index contributed by atoms with van der Waals surface area (Å²) in [5.41, 5.74) is 0. The summed E-state index contributed by atoms with van der Waals surface area (Å²) in [7, 11) is 0. The summed E-state index contributed by atoms with van der Waals surface area (Å²) in [5, 5.41) is 3.65. The van der Waals surface area contributed by atoms with Gasteiger partial charge in [0.25, 0.3) is 0 Å². The number of aromatic nitrogens is 2. The molecule has 1 aliphatic heterocycles. The molecule has 1 atom stereocenters. The van der Waals surface area contributed by atoms with Gasteiger partial charge in [-0.25, -0.2) is 4.98 Å². The van der Waals surface area contributed by atoms with E-state index in [0.29, 0.717) is 6.04 Å². The first-order chi connectivity index (χ1) is 8.38. The largest absolute Gasteiger partial charge is 0.338 e. The van der Waals surface area contributed by atoms with Gasteiger partial charge in [0.05, 0.1) is 0 Å². The summed E-state index contributed by atoms with van der Waals surface area (Å²) in [5.74, 6) is 1.16. The van der Waals surface area contributed by atoms with Gasteiger partial charge in [-0.2, -0.15) is 0 Å². The molecule has 0 aromatic carbocycles. The summed E-state index contributed by atoms with van der Waals surface area (Å²) in [4.78, 5) is 7.01. The third-order valence-electron chi connectivity index (χ3n) is 3.89. The molecule has 2 heterocycles. The van der Waals surface area contributed by atoms with Gasteiger partial charge >= 0.3 is 0 Å². The van der Waals surface area contributed by atoms with Crippen LogP contribution in [0.3, 0.4) is 0 Å². The molecular formula is C13H22N4. The zero-order valence-corrected chi connectivity index (χ0v) is 10.6. The number of nitrogens with one attached hydrogen (secondary N) is 1. The lowest BCUT2D eigenvalue weighted by molar-refractivity contribution is 0.558. The van der Waals surface area contributed by atoms with Crippen LogP contribution in [0.15, 0.2) is 12.4 Å². The van der Waals surface area contributed by atoms with Crippen molar-refractivity contribution in [3.8, 4) is 0 Å². The molecule has 1 N–H and O–H groups in total. The number of imidazole rings is 1. The second kappa shape index (κ2) is 4.69. The zero-order chi connectivity index (χ0) is 11.7. The molecule has 1 unspecified atom stereocenters. The van der Waals surface area contributed by atoms with Crippen molar-refractivity contribution in [2.75, 3.05) is 18.0 Å². The maximum atomic E-state index is 4.52. The van der Waals surface area contributed by atoms with Crippen molar-refractivity contribution in [2.45, 2.75) is 51.2 Å². The lowest BCUT2D eigenvalue weighted by Crippen LogP contribution is -2.40. The molecule has 1 aliphatic carbocycles. The van der Waals surface area contributed by atoms with Gasteiger partial charge in [-0.15, -0.1) is 0 Å². The molecular weight excluding hydrogens is 212 g/mol. The minimum absolute atomic E-state index is 0.642. The average molecular weight is 234 g/mol. The number of hydrogen-bond acceptors (Lipinski definition) is 3. The standard InChI is InChI=1S/C13H22N4/c1-2-16-9-7-14-13(16)17-8-3-4-12(17)10-15-11-5-6-11/h7,9,11-12,15H,2-6,8,10H2,1H3. The monoisotopic (exact) mass is 234 g/mol. The van der Waals surface area contributed by atoms with E-state index >= 15 is 0 Å². The Morgan fingerprint density at radius 2 is 2.29 bits per heavy atom. The van der Waals surface area contributed by atoms with Gasteiger partial charge in [-0.1, -0.05) is 0 Å². The minimum atomic E-state index is 0.642. The molecule has 1 saturated heterocycles. The van der Waals surface area contributed by atoms with E-state index in [1.165, 1.54) is 25.7 Å². The van der Waals surface area contributed by atoms with E-state index in [4.69, 9.17) is 0 Å². The molecule has 17 heavy (non-hydrogen) atoms. The molecule has 1 saturated carbocycles. The van der Waals surface area contributed by atoms with Crippen LogP contribution in [0.4, 0.5) is 5.95 Å². The summed E-state index contributed by atoms with van der Waals surface area (Å²) < 4.78 is 2.25. The maximum Gasteiger partial charge on any atom is 0.205 e. The zero-order valence-electron chi connectivity index (χ0n) is 10.6. The van der Waals surface area contributed by atoms with E-state index in [1.54, 1.807) is 0 Å². The molecule has 1 aromatic rings. The smallest absolute Gasteiger partial charge is 0.205 e. The Kier molecular flexibility index (Phi) is 3.05. The lowest BCUT2D eigenvalue weighted by Gasteiger charge is -2.26. The van der Waals surface area contributed by atoms with E-state index in [-0.39, 0.29) is 0 Å². The second-order valence-corrected chi connectivity index (χ2v) is 5.19. The fraction of sp³-hybridized carbons (Fsp3) is 0.769. The molecule has 0 spiro atoms. The molecule has 4 heteroatoms. The Morgan fingerprint density at radius 1 is 1.41 bits per heavy atom. The quantitative estimate of drug-likeness (QED) is 0.840. The highest BCUT2D eigenvalue weighted by molar-refractivity contribution is 5.35. The van der Waals surface area contributed by atoms with Gasteiger partial charge in [-0.05, 0) is 32.6 Å². The van der Waals surface area contributed by atoms with Crippen molar-refractivity contribution in [3.05, 3.63) is 12.4 Å². The molecule has 3 rings (SSSR count). The van der Waals surface area contributed by atoms with Crippen LogP contribution in [0.2, 0.25) is 0 Å². The first-order valence-corrected chi connectivity index (χ1v) is 6.89. The molecule has 4 nitrogen and oxygen atoms in total. The Morgan fingerprint density at radius 3 is 3.06 bits per heavy atom. The predicted molar refractivity (Wildman–Crippen MR) is 69.3 cm³/mol. The van der Waals surface area contributed by atoms with Crippen molar-refractivity contribution in [1.82, 2.24) is 14.9 Å². The molecule has 2 aliphatic rings. The number of hydrogen-bond donors (Lipinski definition) is 1. The summed E-state index contributed by atoms with van der Waals surface area (Å²) in [6, 6.07) is 1.45. The van der Waals surface area contributed by atoms with Crippen LogP contribution < -0.4 is 10.2 Å². The molecule has 1 aromatic heterocycles. The van der Waals surface area contributed by atoms with E-state index in [9.17, 15) is 0 Å². The third kappa shape index (κ3) is 2.32. The first-order valence-electron chi connectivity index (χ1n) is 6.89. The van der Waals surface area contributed by atoms with Crippen LogP contribution in [0.5, 0.6) is 0 Å². The molecule has 2 fully saturated rings. The lowest BCUT2D eigenvalue weighted by atomic mass is 10.2. The third-order valence-corrected chi connectivity index (χ3v) is 3.89. The van der Waals surface area contributed by atoms with Crippen LogP contribution in [-0.4, -0.2) is 34.7 Å². The summed E-state index contributed by atoms with van der Waals surface area (Å²) in [6.07, 6.45) is 9.35. The topological polar surface area (TPSA) is 33.1 Å². The van der Waals surface area contributed by atoms with Crippen LogP contribution >= 0.6 is 0 Å². The number of anilines is 1. The van der Waals surface area contributed by atoms with Crippen LogP contribution in [0.25, 0.3) is 0 Å². The van der Waals surface area contributed by atoms with Crippen LogP contribution in [0, 0.1) is 0 Å². The summed E-state index contributed by atoms with van der Waals surface area (Å²) >= 11 is 0. The first kappa shape index (κ1) is 11.1. The minimum Gasteiger partial charge on any atom is -0.338 e. The Balaban J connectivity index is 1.67. The second-order valence-electron chi connectivity index (χ2n) is 5.19. The van der Waals surface area contributed by atoms with E-state index in [0.717, 1.165) is 31.6 Å². The Labute approximate surface area is 103 Å². The van der Waals surface area contributed by atoms with Crippen molar-refractivity contribution in [2.24, 2.45) is 0 Å². The highest BCUT2D eigenvalue weighted by Gasteiger charge is 2.29. The van der Waals surface area contributed by atoms with Crippen molar-refractivity contribution >= 4 is 5.95 Å². The number of aryl methyl sites for hydroxylation is 1. The molecule has 94 valence electrons. The highest BCUT2D eigenvalue weighted by Crippen LogP contribution is 2.25. The maximum absolute atomic E-state index is 4.52. The van der Waals surface area contributed by atoms with Gasteiger partial charge in [0, 0.05) is 44.1 Å². The highest BCUT2D eigenvalue weighted by atomic mass is 15.3. The van der Waals surface area contributed by atoms with Gasteiger partial charge in [0.1, 0.15) is 0 Å². The van der Waals surface area contributed by atoms with Gasteiger partial charge < -0.3 is 14.8 Å². The SMILES string of the molecule is CCn1ccnc1N1CCCC1CNC1CC1. The average Bonchev–Trinajstić information content (AvgIpc) is 2.89. The Hall–Kier alpha value is -1.03. The molecule has 0 radical (unpaired) electrons. The van der Waals surface area contributed by atoms with E-state index < -0.39 is 0 Å². The molecule has 0 bridgehead atoms. The van der Waals surface area contributed by atoms with Crippen molar-refractivity contribution in [3.63, 3.8) is 0 Å². The Bertz CT molecular complexity index is 369. The number of rotatable bonds is 5. The van der Waals surface area contributed by atoms with Gasteiger partial charge in [-0.3, -0.25) is 0 Å². The fourth-order valence-electron chi connectivity index (χ4n) is 2.71. The predicted octanol–water partition coefficient (Wildman–Crippen LogP) is 1.62. The van der Waals surface area contributed by atoms with Gasteiger partial charge in [0.15, 0.2) is 0 Å². The normalized spacial score (nSPS) is 24.5. The summed E-state index contributed by atoms with van der Waals surface area (Å²) in [6.45, 7) is 5.47. The fourth-order valence-corrected chi connectivity index (χ4v) is 2.71. The van der Waals surface area contributed by atoms with Gasteiger partial charge in [0.2, 0.25) is 5.95 Å². The van der Waals surface area contributed by atoms with Crippen LogP contribution in [-0.2, 0) is 6.54 Å². The van der Waals surface area contributed by atoms with E-state index in [2.05, 4.69) is 32.9 Å². The number of nitrogens with zero attached hydrogens (tertiary/aromatic N) is 3. The van der Waals surface area contributed by atoms with Crippen LogP contribution in [0.1, 0.15) is 32.6 Å². The van der Waals surface area contributed by atoms with Crippen molar-refractivity contribution in [1.29, 1.82) is 0 Å². The van der Waals surface area contributed by atoms with Crippen molar-refractivity contribution < 1.29 is 0 Å². The van der Waals surface area contributed by atoms with E-state index in [1.807, 2.05) is 6.20 Å².